The van der Waals surface area contributed by atoms with Crippen molar-refractivity contribution >= 4 is 5.91 Å². The number of aromatic nitrogens is 1. The van der Waals surface area contributed by atoms with Gasteiger partial charge >= 0.3 is 0 Å². The van der Waals surface area contributed by atoms with E-state index in [4.69, 9.17) is 5.11 Å². The van der Waals surface area contributed by atoms with Crippen LogP contribution < -0.4 is 5.32 Å². The van der Waals surface area contributed by atoms with Crippen LogP contribution in [-0.4, -0.2) is 28.8 Å². The lowest BCUT2D eigenvalue weighted by molar-refractivity contribution is 0.0938. The third-order valence-electron chi connectivity index (χ3n) is 2.14. The van der Waals surface area contributed by atoms with Gasteiger partial charge in [0.2, 0.25) is 0 Å². The van der Waals surface area contributed by atoms with Crippen molar-refractivity contribution < 1.29 is 14.4 Å². The molecule has 1 heterocycles. The third kappa shape index (κ3) is 1.70. The first-order valence-electron chi connectivity index (χ1n) is 4.13. The fourth-order valence-corrected chi connectivity index (χ4v) is 1.20. The smallest absolute Gasteiger partial charge is 0.273 e. The Morgan fingerprint density at radius 3 is 3.23 bits per heavy atom. The Balaban J connectivity index is 1.87. The lowest BCUT2D eigenvalue weighted by Gasteiger charge is -1.99. The fourth-order valence-electron chi connectivity index (χ4n) is 1.20. The van der Waals surface area contributed by atoms with Crippen LogP contribution in [0.4, 0.5) is 0 Å². The highest BCUT2D eigenvalue weighted by Crippen LogP contribution is 2.29. The van der Waals surface area contributed by atoms with Crippen LogP contribution in [0.15, 0.2) is 16.9 Å². The van der Waals surface area contributed by atoms with Gasteiger partial charge < -0.3 is 14.9 Å². The Bertz CT molecular complexity index is 296. The van der Waals surface area contributed by atoms with E-state index in [-0.39, 0.29) is 30.2 Å². The van der Waals surface area contributed by atoms with E-state index in [0.29, 0.717) is 0 Å². The summed E-state index contributed by atoms with van der Waals surface area (Å²) in [4.78, 5) is 11.3. The van der Waals surface area contributed by atoms with Crippen LogP contribution in [-0.2, 0) is 0 Å². The third-order valence-corrected chi connectivity index (χ3v) is 2.14. The van der Waals surface area contributed by atoms with Crippen molar-refractivity contribution in [3.63, 3.8) is 0 Å². The zero-order chi connectivity index (χ0) is 9.26. The van der Waals surface area contributed by atoms with Gasteiger partial charge in [0.15, 0.2) is 5.69 Å². The number of hydrogen-bond acceptors (Lipinski definition) is 4. The summed E-state index contributed by atoms with van der Waals surface area (Å²) in [6.45, 7) is 0.129. The number of rotatable bonds is 3. The molecule has 1 aromatic heterocycles. The number of aliphatic hydroxyl groups is 1. The van der Waals surface area contributed by atoms with Gasteiger partial charge in [0.05, 0.1) is 0 Å². The number of nitrogens with zero attached hydrogens (tertiary/aromatic N) is 1. The molecular weight excluding hydrogens is 172 g/mol. The largest absolute Gasteiger partial charge is 0.396 e. The van der Waals surface area contributed by atoms with Crippen LogP contribution in [0.2, 0.25) is 0 Å². The molecule has 2 atom stereocenters. The van der Waals surface area contributed by atoms with Crippen LogP contribution in [0.25, 0.3) is 0 Å². The van der Waals surface area contributed by atoms with Crippen LogP contribution in [0.5, 0.6) is 0 Å². The molecule has 1 amide bonds. The SMILES string of the molecule is O=C(N[C@@H]1C[C@H]1CO)c1ccon1. The van der Waals surface area contributed by atoms with Crippen LogP contribution in [0, 0.1) is 5.92 Å². The fraction of sp³-hybridized carbons (Fsp3) is 0.500. The van der Waals surface area contributed by atoms with Crippen LogP contribution in [0.1, 0.15) is 16.9 Å². The lowest BCUT2D eigenvalue weighted by Crippen LogP contribution is -2.27. The van der Waals surface area contributed by atoms with E-state index < -0.39 is 0 Å². The number of hydrogen-bond donors (Lipinski definition) is 2. The van der Waals surface area contributed by atoms with Gasteiger partial charge in [-0.3, -0.25) is 4.79 Å². The minimum atomic E-state index is -0.241. The van der Waals surface area contributed by atoms with Gasteiger partial charge in [-0.1, -0.05) is 5.16 Å². The van der Waals surface area contributed by atoms with Gasteiger partial charge in [-0.05, 0) is 6.42 Å². The van der Waals surface area contributed by atoms with Gasteiger partial charge in [0.25, 0.3) is 5.91 Å². The number of aliphatic hydroxyl groups excluding tert-OH is 1. The molecule has 0 saturated heterocycles. The van der Waals surface area contributed by atoms with Crippen LogP contribution >= 0.6 is 0 Å². The molecule has 1 aliphatic rings. The Morgan fingerprint density at radius 2 is 2.69 bits per heavy atom. The van der Waals surface area contributed by atoms with Gasteiger partial charge in [0, 0.05) is 24.6 Å². The van der Waals surface area contributed by atoms with Crippen molar-refractivity contribution in [3.8, 4) is 0 Å². The second kappa shape index (κ2) is 3.18. The normalized spacial score (nSPS) is 25.6. The van der Waals surface area contributed by atoms with Crippen molar-refractivity contribution in [1.82, 2.24) is 10.5 Å². The predicted octanol–water partition coefficient (Wildman–Crippen LogP) is -0.215. The highest BCUT2D eigenvalue weighted by Gasteiger charge is 2.37. The summed E-state index contributed by atoms with van der Waals surface area (Å²) in [5, 5.41) is 15.0. The maximum atomic E-state index is 11.3. The number of amides is 1. The Hall–Kier alpha value is -1.36. The Morgan fingerprint density at radius 1 is 1.85 bits per heavy atom. The van der Waals surface area contributed by atoms with E-state index in [2.05, 4.69) is 15.0 Å². The van der Waals surface area contributed by atoms with E-state index in [1.165, 1.54) is 12.3 Å². The zero-order valence-corrected chi connectivity index (χ0v) is 6.93. The molecule has 1 saturated carbocycles. The van der Waals surface area contributed by atoms with Crippen molar-refractivity contribution in [1.29, 1.82) is 0 Å². The van der Waals surface area contributed by atoms with Crippen molar-refractivity contribution in [2.75, 3.05) is 6.61 Å². The topological polar surface area (TPSA) is 75.4 Å². The first-order valence-corrected chi connectivity index (χ1v) is 4.13. The first-order chi connectivity index (χ1) is 6.31. The summed E-state index contributed by atoms with van der Waals surface area (Å²) < 4.78 is 4.53. The lowest BCUT2D eigenvalue weighted by atomic mass is 10.4. The summed E-state index contributed by atoms with van der Waals surface area (Å²) >= 11 is 0. The van der Waals surface area contributed by atoms with Crippen molar-refractivity contribution in [3.05, 3.63) is 18.0 Å². The monoisotopic (exact) mass is 182 g/mol. The quantitative estimate of drug-likeness (QED) is 0.678. The number of carbonyl (C=O) groups is 1. The Labute approximate surface area is 74.7 Å². The minimum Gasteiger partial charge on any atom is -0.396 e. The molecule has 0 unspecified atom stereocenters. The maximum Gasteiger partial charge on any atom is 0.273 e. The summed E-state index contributed by atoms with van der Waals surface area (Å²) in [6, 6.07) is 1.61. The summed E-state index contributed by atoms with van der Waals surface area (Å²) in [5.74, 6) is -0.0226. The average Bonchev–Trinajstić information content (AvgIpc) is 2.68. The predicted molar refractivity (Wildman–Crippen MR) is 43.0 cm³/mol. The van der Waals surface area contributed by atoms with Crippen molar-refractivity contribution in [2.45, 2.75) is 12.5 Å². The van der Waals surface area contributed by atoms with Gasteiger partial charge in [-0.25, -0.2) is 0 Å². The number of nitrogens with one attached hydrogen (secondary N) is 1. The van der Waals surface area contributed by atoms with E-state index in [0.717, 1.165) is 6.42 Å². The summed E-state index contributed by atoms with van der Waals surface area (Å²) in [6.07, 6.45) is 2.20. The summed E-state index contributed by atoms with van der Waals surface area (Å²) in [5.41, 5.74) is 0.281. The average molecular weight is 182 g/mol. The van der Waals surface area contributed by atoms with Gasteiger partial charge in [-0.2, -0.15) is 0 Å². The summed E-state index contributed by atoms with van der Waals surface area (Å²) in [7, 11) is 0. The molecule has 2 N–H and O–H groups in total. The van der Waals surface area contributed by atoms with E-state index in [1.54, 1.807) is 0 Å². The van der Waals surface area contributed by atoms with Gasteiger partial charge in [0.1, 0.15) is 6.26 Å². The first kappa shape index (κ1) is 8.25. The van der Waals surface area contributed by atoms with E-state index >= 15 is 0 Å². The molecule has 1 aliphatic carbocycles. The molecule has 0 aromatic carbocycles. The maximum absolute atomic E-state index is 11.3. The molecule has 2 rings (SSSR count). The second-order valence-electron chi connectivity index (χ2n) is 3.14. The molecular formula is C8H10N2O3. The molecule has 0 aliphatic heterocycles. The Kier molecular flexibility index (Phi) is 2.02. The molecule has 1 aromatic rings. The molecule has 70 valence electrons. The van der Waals surface area contributed by atoms with Crippen molar-refractivity contribution in [2.24, 2.45) is 5.92 Å². The highest BCUT2D eigenvalue weighted by atomic mass is 16.5. The molecule has 1 fully saturated rings. The van der Waals surface area contributed by atoms with Gasteiger partial charge in [-0.15, -0.1) is 0 Å². The molecule has 5 nitrogen and oxygen atoms in total. The highest BCUT2D eigenvalue weighted by molar-refractivity contribution is 5.92. The molecule has 0 bridgehead atoms. The van der Waals surface area contributed by atoms with Crippen LogP contribution in [0.3, 0.4) is 0 Å². The molecule has 0 spiro atoms. The molecule has 13 heavy (non-hydrogen) atoms. The van der Waals surface area contributed by atoms with E-state index in [1.807, 2.05) is 0 Å². The molecule has 0 radical (unpaired) electrons. The molecule has 5 heteroatoms. The number of carbonyl (C=O) groups excluding carboxylic acids is 1. The second-order valence-corrected chi connectivity index (χ2v) is 3.14. The zero-order valence-electron chi connectivity index (χ0n) is 6.93. The standard InChI is InChI=1S/C8H10N2O3/c11-4-5-3-7(5)9-8(12)6-1-2-13-10-6/h1-2,5,7,11H,3-4H2,(H,9,12)/t5-,7+/m0/s1. The minimum absolute atomic E-state index is 0.106. The van der Waals surface area contributed by atoms with E-state index in [9.17, 15) is 4.79 Å².